The Labute approximate surface area is 207 Å². The van der Waals surface area contributed by atoms with Gasteiger partial charge in [0.25, 0.3) is 0 Å². The van der Waals surface area contributed by atoms with E-state index in [-0.39, 0.29) is 18.4 Å². The second kappa shape index (κ2) is 8.34. The lowest BCUT2D eigenvalue weighted by atomic mass is 9.54. The van der Waals surface area contributed by atoms with Crippen LogP contribution >= 0.6 is 0 Å². The summed E-state index contributed by atoms with van der Waals surface area (Å²) < 4.78 is 66.7. The van der Waals surface area contributed by atoms with E-state index in [1.54, 1.807) is 14.1 Å². The molecule has 1 aromatic rings. The highest BCUT2D eigenvalue weighted by Crippen LogP contribution is 2.51. The summed E-state index contributed by atoms with van der Waals surface area (Å²) in [5.41, 5.74) is -3.77. The molecule has 2 saturated carbocycles. The van der Waals surface area contributed by atoms with Gasteiger partial charge in [0.05, 0.1) is 11.5 Å². The minimum atomic E-state index is -6.19. The molecule has 3 aliphatic rings. The van der Waals surface area contributed by atoms with Crippen molar-refractivity contribution in [2.75, 3.05) is 19.0 Å². The largest absolute Gasteiger partial charge is 0.534 e. The van der Waals surface area contributed by atoms with Crippen LogP contribution < -0.4 is 14.8 Å². The van der Waals surface area contributed by atoms with Gasteiger partial charge in [-0.3, -0.25) is 24.0 Å². The monoisotopic (exact) mass is 546 g/mol. The first-order chi connectivity index (χ1) is 16.9. The van der Waals surface area contributed by atoms with Gasteiger partial charge < -0.3 is 19.9 Å². The molecule has 0 spiro atoms. The van der Waals surface area contributed by atoms with E-state index in [1.165, 1.54) is 11.0 Å². The third kappa shape index (κ3) is 3.82. The third-order valence-electron chi connectivity index (χ3n) is 7.21. The van der Waals surface area contributed by atoms with Gasteiger partial charge in [-0.15, -0.1) is 0 Å². The van der Waals surface area contributed by atoms with Crippen LogP contribution in [0.1, 0.15) is 28.8 Å². The molecule has 0 aromatic heterocycles. The van der Waals surface area contributed by atoms with Crippen molar-refractivity contribution in [2.45, 2.75) is 30.4 Å². The van der Waals surface area contributed by atoms with Crippen LogP contribution in [0.25, 0.3) is 0 Å². The van der Waals surface area contributed by atoms with Crippen molar-refractivity contribution in [1.29, 1.82) is 0 Å². The van der Waals surface area contributed by atoms with Crippen molar-refractivity contribution >= 4 is 44.8 Å². The van der Waals surface area contributed by atoms with Crippen LogP contribution in [0.2, 0.25) is 0 Å². The van der Waals surface area contributed by atoms with Gasteiger partial charge in [-0.25, -0.2) is 0 Å². The number of Topliss-reactive ketones (excluding diaryl/α,β-unsaturated/α-hetero) is 4. The number of carbonyl (C=O) groups excluding carboxylic acids is 5. The van der Waals surface area contributed by atoms with E-state index >= 15 is 0 Å². The standard InChI is InChI=1S/C22H21F3N2O9S/c1-27(2)11-3-4-13(36-37(34,35)22(23,24)25)15-10(11)6-8-5-9-7-12(28)16(20(26)32)19(31)21(9,33)18(30)14(8)17(15)29/h3-4,8-9,14,16,33H,5-7H2,1-2H3,(H2,26,32)/t8-,9+,14?,16?,21+/m1/s1. The highest BCUT2D eigenvalue weighted by Gasteiger charge is 2.66. The van der Waals surface area contributed by atoms with Crippen LogP contribution in [-0.4, -0.2) is 67.8 Å². The van der Waals surface area contributed by atoms with E-state index in [4.69, 9.17) is 5.73 Å². The van der Waals surface area contributed by atoms with Gasteiger partial charge in [-0.1, -0.05) is 0 Å². The van der Waals surface area contributed by atoms with E-state index in [1.807, 2.05) is 0 Å². The average Bonchev–Trinajstić information content (AvgIpc) is 2.74. The summed E-state index contributed by atoms with van der Waals surface area (Å²) in [5, 5.41) is 11.2. The molecule has 200 valence electrons. The number of amides is 1. The van der Waals surface area contributed by atoms with E-state index in [9.17, 15) is 50.7 Å². The topological polar surface area (TPSA) is 178 Å². The summed E-state index contributed by atoms with van der Waals surface area (Å²) in [5.74, 6) is -13.1. The Balaban J connectivity index is 1.86. The minimum absolute atomic E-state index is 0.104. The van der Waals surface area contributed by atoms with Crippen LogP contribution in [0.5, 0.6) is 5.75 Å². The molecule has 11 nitrogen and oxygen atoms in total. The number of halogens is 3. The zero-order valence-corrected chi connectivity index (χ0v) is 20.2. The van der Waals surface area contributed by atoms with Crippen molar-refractivity contribution in [3.63, 3.8) is 0 Å². The lowest BCUT2D eigenvalue weighted by Crippen LogP contribution is -2.68. The van der Waals surface area contributed by atoms with Crippen LogP contribution in [0.4, 0.5) is 18.9 Å². The summed E-state index contributed by atoms with van der Waals surface area (Å²) in [7, 11) is -3.07. The number of primary amides is 1. The number of alkyl halides is 3. The molecule has 0 bridgehead atoms. The van der Waals surface area contributed by atoms with E-state index in [0.717, 1.165) is 6.07 Å². The van der Waals surface area contributed by atoms with Crippen molar-refractivity contribution < 1.29 is 54.9 Å². The summed E-state index contributed by atoms with van der Waals surface area (Å²) >= 11 is 0. The molecule has 2 unspecified atom stereocenters. The lowest BCUT2D eigenvalue weighted by molar-refractivity contribution is -0.175. The van der Waals surface area contributed by atoms with Gasteiger partial charge in [-0.2, -0.15) is 21.6 Å². The zero-order chi connectivity index (χ0) is 27.8. The molecule has 4 rings (SSSR count). The third-order valence-corrected chi connectivity index (χ3v) is 8.18. The average molecular weight is 546 g/mol. The second-order valence-electron chi connectivity index (χ2n) is 9.55. The van der Waals surface area contributed by atoms with Gasteiger partial charge in [0, 0.05) is 32.1 Å². The van der Waals surface area contributed by atoms with Crippen molar-refractivity contribution in [3.8, 4) is 5.75 Å². The number of hydrogen-bond donors (Lipinski definition) is 2. The normalized spacial score (nSPS) is 29.8. The molecule has 37 heavy (non-hydrogen) atoms. The van der Waals surface area contributed by atoms with Crippen molar-refractivity contribution in [3.05, 3.63) is 23.3 Å². The number of nitrogens with zero attached hydrogens (tertiary/aromatic N) is 1. The first kappa shape index (κ1) is 26.7. The fourth-order valence-corrected chi connectivity index (χ4v) is 6.06. The molecule has 1 amide bonds. The maximum atomic E-state index is 13.6. The number of anilines is 1. The Morgan fingerprint density at radius 1 is 1.14 bits per heavy atom. The fraction of sp³-hybridized carbons (Fsp3) is 0.500. The molecule has 0 saturated heterocycles. The van der Waals surface area contributed by atoms with Gasteiger partial charge in [0.2, 0.25) is 5.91 Å². The molecule has 2 fully saturated rings. The SMILES string of the molecule is CN(C)c1ccc(OS(=O)(=O)C(F)(F)F)c2c1C[C@H]1C[C@H]3CC(=O)C(C(N)=O)C(=O)[C@@]3(O)C(=O)C1C2=O. The Morgan fingerprint density at radius 3 is 2.30 bits per heavy atom. The minimum Gasteiger partial charge on any atom is -0.377 e. The molecular weight excluding hydrogens is 525 g/mol. The van der Waals surface area contributed by atoms with E-state index < -0.39 is 91.7 Å². The number of fused-ring (bicyclic) bond motifs is 3. The van der Waals surface area contributed by atoms with Crippen molar-refractivity contribution in [1.82, 2.24) is 0 Å². The van der Waals surface area contributed by atoms with E-state index in [2.05, 4.69) is 4.18 Å². The van der Waals surface area contributed by atoms with Gasteiger partial charge >= 0.3 is 15.6 Å². The van der Waals surface area contributed by atoms with Gasteiger partial charge in [0.15, 0.2) is 40.4 Å². The number of benzene rings is 1. The Bertz CT molecular complexity index is 1370. The van der Waals surface area contributed by atoms with E-state index in [0.29, 0.717) is 5.69 Å². The first-order valence-corrected chi connectivity index (χ1v) is 12.4. The molecule has 3 aliphatic carbocycles. The molecule has 0 aliphatic heterocycles. The molecule has 0 heterocycles. The maximum absolute atomic E-state index is 13.6. The molecule has 3 N–H and O–H groups in total. The molecule has 0 radical (unpaired) electrons. The predicted molar refractivity (Wildman–Crippen MR) is 117 cm³/mol. The lowest BCUT2D eigenvalue weighted by Gasteiger charge is -2.48. The summed E-state index contributed by atoms with van der Waals surface area (Å²) in [6, 6.07) is 2.09. The van der Waals surface area contributed by atoms with Crippen molar-refractivity contribution in [2.24, 2.45) is 29.4 Å². The first-order valence-electron chi connectivity index (χ1n) is 10.9. The molecule has 5 atom stereocenters. The quantitative estimate of drug-likeness (QED) is 0.295. The Morgan fingerprint density at radius 2 is 1.76 bits per heavy atom. The summed E-state index contributed by atoms with van der Waals surface area (Å²) in [6.45, 7) is 0. The van der Waals surface area contributed by atoms with Gasteiger partial charge in [-0.05, 0) is 36.5 Å². The van der Waals surface area contributed by atoms with Crippen LogP contribution in [0.3, 0.4) is 0 Å². The maximum Gasteiger partial charge on any atom is 0.534 e. The number of carbonyl (C=O) groups is 5. The van der Waals surface area contributed by atoms with Gasteiger partial charge in [0.1, 0.15) is 0 Å². The number of rotatable bonds is 4. The van der Waals surface area contributed by atoms with Crippen LogP contribution in [0, 0.1) is 23.7 Å². The summed E-state index contributed by atoms with van der Waals surface area (Å²) in [4.78, 5) is 65.6. The highest BCUT2D eigenvalue weighted by molar-refractivity contribution is 7.88. The predicted octanol–water partition coefficient (Wildman–Crippen LogP) is -0.0843. The van der Waals surface area contributed by atoms with Crippen LogP contribution in [0.15, 0.2) is 12.1 Å². The number of ketones is 4. The number of hydrogen-bond acceptors (Lipinski definition) is 10. The molecule has 15 heteroatoms. The Kier molecular flexibility index (Phi) is 6.03. The molecular formula is C22H21F3N2O9S. The number of nitrogens with two attached hydrogens (primary N) is 1. The number of aliphatic hydroxyl groups is 1. The molecule has 1 aromatic carbocycles. The zero-order valence-electron chi connectivity index (χ0n) is 19.4. The highest BCUT2D eigenvalue weighted by atomic mass is 32.2. The summed E-state index contributed by atoms with van der Waals surface area (Å²) in [6.07, 6.45) is -0.846. The Hall–Kier alpha value is -3.33. The second-order valence-corrected chi connectivity index (χ2v) is 11.1. The smallest absolute Gasteiger partial charge is 0.377 e. The fourth-order valence-electron chi connectivity index (χ4n) is 5.59. The van der Waals surface area contributed by atoms with Crippen LogP contribution in [-0.2, 0) is 35.7 Å².